The van der Waals surface area contributed by atoms with E-state index >= 15 is 0 Å². The van der Waals surface area contributed by atoms with Gasteiger partial charge in [0.15, 0.2) is 12.2 Å². The van der Waals surface area contributed by atoms with Crippen molar-refractivity contribution in [1.82, 2.24) is 0 Å². The number of aliphatic hydroxyl groups is 1. The Balaban J connectivity index is 5.22. The molecule has 0 aliphatic carbocycles. The number of ether oxygens (including phenoxy) is 4. The Bertz CT molecular complexity index is 1920. The first-order valence-corrected chi connectivity index (χ1v) is 45.0. The van der Waals surface area contributed by atoms with Crippen LogP contribution in [0.15, 0.2) is 0 Å². The van der Waals surface area contributed by atoms with Crippen molar-refractivity contribution in [3.05, 3.63) is 0 Å². The third-order valence-electron chi connectivity index (χ3n) is 19.0. The van der Waals surface area contributed by atoms with Crippen LogP contribution in [-0.4, -0.2) is 96.7 Å². The van der Waals surface area contributed by atoms with E-state index in [1.807, 2.05) is 0 Å². The number of esters is 4. The van der Waals surface area contributed by atoms with Crippen molar-refractivity contribution in [3.63, 3.8) is 0 Å². The van der Waals surface area contributed by atoms with Crippen molar-refractivity contribution < 1.29 is 80.2 Å². The van der Waals surface area contributed by atoms with Crippen LogP contribution in [0.1, 0.15) is 427 Å². The van der Waals surface area contributed by atoms with E-state index in [4.69, 9.17) is 37.0 Å². The predicted octanol–water partition coefficient (Wildman–Crippen LogP) is 24.3. The van der Waals surface area contributed by atoms with Crippen molar-refractivity contribution in [3.8, 4) is 0 Å². The Kier molecular flexibility index (Phi) is 71.2. The second-order valence-electron chi connectivity index (χ2n) is 30.1. The quantitative estimate of drug-likeness (QED) is 0.0222. The lowest BCUT2D eigenvalue weighted by Crippen LogP contribution is -2.30. The van der Waals surface area contributed by atoms with Gasteiger partial charge in [0.05, 0.1) is 26.4 Å². The molecule has 0 saturated carbocycles. The molecule has 0 amide bonds. The molecule has 19 heteroatoms. The smallest absolute Gasteiger partial charge is 0.462 e. The maximum atomic E-state index is 13.1. The number of phosphoric acid groups is 2. The van der Waals surface area contributed by atoms with Gasteiger partial charge in [-0.25, -0.2) is 9.13 Å². The standard InChI is InChI=1S/C81H158O17P2/c1-7-9-11-13-15-17-19-20-21-22-23-24-28-31-34-40-46-52-58-64-79(84)92-70-76(97-80(85)65-59-53-47-41-35-32-29-26-25-27-30-33-37-43-49-55-61-73(3)4)71-95-99(87,88)93-67-75(82)68-94-100(89,90)96-72-77(69-91-78(83)63-57-51-45-39-18-16-14-12-10-8-2)98-81(86)66-60-54-48-42-36-38-44-50-56-62-74(5)6/h73-77,82H,7-72H2,1-6H3,(H,87,88)(H,89,90)/t75-,76-,77-/m1/s1. The summed E-state index contributed by atoms with van der Waals surface area (Å²) in [5, 5.41) is 10.6. The predicted molar refractivity (Wildman–Crippen MR) is 409 cm³/mol. The maximum absolute atomic E-state index is 13.1. The van der Waals surface area contributed by atoms with Crippen molar-refractivity contribution in [1.29, 1.82) is 0 Å². The molecule has 17 nitrogen and oxygen atoms in total. The fraction of sp³-hybridized carbons (Fsp3) is 0.951. The van der Waals surface area contributed by atoms with Crippen LogP contribution in [0.3, 0.4) is 0 Å². The molecule has 0 saturated heterocycles. The van der Waals surface area contributed by atoms with Crippen LogP contribution in [0.4, 0.5) is 0 Å². The second-order valence-corrected chi connectivity index (χ2v) is 33.0. The van der Waals surface area contributed by atoms with Crippen LogP contribution in [-0.2, 0) is 65.4 Å². The highest BCUT2D eigenvalue weighted by Gasteiger charge is 2.30. The normalized spacial score (nSPS) is 13.9. The molecule has 0 rings (SSSR count). The van der Waals surface area contributed by atoms with Crippen LogP contribution < -0.4 is 0 Å². The molecule has 2 unspecified atom stereocenters. The van der Waals surface area contributed by atoms with Gasteiger partial charge in [-0.15, -0.1) is 0 Å². The summed E-state index contributed by atoms with van der Waals surface area (Å²) in [6.45, 7) is 9.63. The number of unbranched alkanes of at least 4 members (excludes halogenated alkanes) is 50. The molecule has 0 radical (unpaired) electrons. The zero-order chi connectivity index (χ0) is 73.5. The summed E-state index contributed by atoms with van der Waals surface area (Å²) in [7, 11) is -9.92. The molecular weight excluding hydrogens is 1310 g/mol. The zero-order valence-electron chi connectivity index (χ0n) is 65.5. The molecule has 0 fully saturated rings. The third kappa shape index (κ3) is 74.3. The van der Waals surface area contributed by atoms with Gasteiger partial charge < -0.3 is 33.8 Å². The summed E-state index contributed by atoms with van der Waals surface area (Å²) in [6, 6.07) is 0. The number of aliphatic hydroxyl groups excluding tert-OH is 1. The first-order valence-electron chi connectivity index (χ1n) is 42.0. The summed E-state index contributed by atoms with van der Waals surface area (Å²) in [5.74, 6) is -0.564. The molecule has 594 valence electrons. The van der Waals surface area contributed by atoms with E-state index in [0.29, 0.717) is 25.7 Å². The van der Waals surface area contributed by atoms with E-state index in [2.05, 4.69) is 41.5 Å². The largest absolute Gasteiger partial charge is 0.472 e. The average molecular weight is 1470 g/mol. The SMILES string of the molecule is CCCCCCCCCCCCCCCCCCCCCC(=O)OC[C@H](COP(=O)(O)OC[C@@H](O)COP(=O)(O)OC[C@@H](COC(=O)CCCCCCCCCCCC)OC(=O)CCCCCCCCCCCC(C)C)OC(=O)CCCCCCCCCCCCCCCCCCC(C)C. The summed E-state index contributed by atoms with van der Waals surface area (Å²) < 4.78 is 68.7. The molecule has 0 aliphatic heterocycles. The molecule has 3 N–H and O–H groups in total. The Morgan fingerprint density at radius 2 is 0.460 bits per heavy atom. The molecule has 0 aromatic carbocycles. The Morgan fingerprint density at radius 1 is 0.270 bits per heavy atom. The van der Waals surface area contributed by atoms with E-state index in [9.17, 15) is 43.2 Å². The Morgan fingerprint density at radius 3 is 0.680 bits per heavy atom. The van der Waals surface area contributed by atoms with E-state index in [1.54, 1.807) is 0 Å². The van der Waals surface area contributed by atoms with E-state index in [-0.39, 0.29) is 25.7 Å². The zero-order valence-corrected chi connectivity index (χ0v) is 67.3. The third-order valence-corrected chi connectivity index (χ3v) is 20.9. The monoisotopic (exact) mass is 1470 g/mol. The molecule has 0 bridgehead atoms. The van der Waals surface area contributed by atoms with Gasteiger partial charge in [-0.1, -0.05) is 375 Å². The van der Waals surface area contributed by atoms with Crippen LogP contribution in [0.25, 0.3) is 0 Å². The van der Waals surface area contributed by atoms with E-state index in [0.717, 1.165) is 102 Å². The maximum Gasteiger partial charge on any atom is 0.472 e. The van der Waals surface area contributed by atoms with Gasteiger partial charge in [-0.05, 0) is 37.5 Å². The van der Waals surface area contributed by atoms with Gasteiger partial charge in [0.2, 0.25) is 0 Å². The van der Waals surface area contributed by atoms with Crippen LogP contribution >= 0.6 is 15.6 Å². The molecular formula is C81H158O17P2. The summed E-state index contributed by atoms with van der Waals surface area (Å²) in [5.41, 5.74) is 0. The first kappa shape index (κ1) is 98.1. The van der Waals surface area contributed by atoms with Crippen LogP contribution in [0.5, 0.6) is 0 Å². The van der Waals surface area contributed by atoms with Crippen molar-refractivity contribution >= 4 is 39.5 Å². The fourth-order valence-corrected chi connectivity index (χ4v) is 14.1. The Hall–Kier alpha value is -1.94. The minimum absolute atomic E-state index is 0.106. The molecule has 0 aromatic heterocycles. The van der Waals surface area contributed by atoms with Gasteiger partial charge in [0.1, 0.15) is 19.3 Å². The molecule has 0 heterocycles. The lowest BCUT2D eigenvalue weighted by Gasteiger charge is -2.21. The van der Waals surface area contributed by atoms with Gasteiger partial charge in [0.25, 0.3) is 0 Å². The topological polar surface area (TPSA) is 237 Å². The molecule has 0 aromatic rings. The second kappa shape index (κ2) is 72.6. The van der Waals surface area contributed by atoms with Crippen molar-refractivity contribution in [2.45, 2.75) is 445 Å². The summed E-state index contributed by atoms with van der Waals surface area (Å²) >= 11 is 0. The van der Waals surface area contributed by atoms with Crippen LogP contribution in [0, 0.1) is 11.8 Å². The highest BCUT2D eigenvalue weighted by molar-refractivity contribution is 7.47. The molecule has 0 spiro atoms. The number of phosphoric ester groups is 2. The first-order chi connectivity index (χ1) is 48.4. The lowest BCUT2D eigenvalue weighted by molar-refractivity contribution is -0.161. The number of hydrogen-bond acceptors (Lipinski definition) is 15. The van der Waals surface area contributed by atoms with Crippen molar-refractivity contribution in [2.75, 3.05) is 39.6 Å². The van der Waals surface area contributed by atoms with E-state index in [1.165, 1.54) is 244 Å². The highest BCUT2D eigenvalue weighted by atomic mass is 31.2. The van der Waals surface area contributed by atoms with Crippen molar-refractivity contribution in [2.24, 2.45) is 11.8 Å². The number of hydrogen-bond donors (Lipinski definition) is 3. The summed E-state index contributed by atoms with van der Waals surface area (Å²) in [4.78, 5) is 73.0. The molecule has 5 atom stereocenters. The average Bonchev–Trinajstić information content (AvgIpc) is 1.18. The summed E-state index contributed by atoms with van der Waals surface area (Å²) in [6.07, 6.45) is 62.5. The molecule has 0 aliphatic rings. The molecule has 100 heavy (non-hydrogen) atoms. The van der Waals surface area contributed by atoms with Gasteiger partial charge in [-0.2, -0.15) is 0 Å². The van der Waals surface area contributed by atoms with E-state index < -0.39 is 97.5 Å². The van der Waals surface area contributed by atoms with Crippen LogP contribution in [0.2, 0.25) is 0 Å². The lowest BCUT2D eigenvalue weighted by atomic mass is 10.0. The minimum atomic E-state index is -4.96. The van der Waals surface area contributed by atoms with Gasteiger partial charge >= 0.3 is 39.5 Å². The highest BCUT2D eigenvalue weighted by Crippen LogP contribution is 2.45. The number of rotatable bonds is 80. The van der Waals surface area contributed by atoms with Gasteiger partial charge in [0, 0.05) is 25.7 Å². The minimum Gasteiger partial charge on any atom is -0.462 e. The van der Waals surface area contributed by atoms with Gasteiger partial charge in [-0.3, -0.25) is 37.3 Å². The number of carbonyl (C=O) groups excluding carboxylic acids is 4. The number of carbonyl (C=O) groups is 4. The fourth-order valence-electron chi connectivity index (χ4n) is 12.5. The Labute approximate surface area is 613 Å².